The van der Waals surface area contributed by atoms with Crippen molar-refractivity contribution in [3.8, 4) is 40.2 Å². The molecule has 7 aromatic carbocycles. The van der Waals surface area contributed by atoms with Gasteiger partial charge in [-0.15, -0.1) is 0 Å². The van der Waals surface area contributed by atoms with E-state index in [0.717, 1.165) is 33.4 Å². The molecule has 0 radical (unpaired) electrons. The fourth-order valence-corrected chi connectivity index (χ4v) is 9.54. The average molecular weight is 1230 g/mol. The van der Waals surface area contributed by atoms with E-state index in [-0.39, 0.29) is 148 Å². The molecule has 0 aromatic heterocycles. The topological polar surface area (TPSA) is 277 Å². The van der Waals surface area contributed by atoms with E-state index in [0.29, 0.717) is 33.8 Å². The summed E-state index contributed by atoms with van der Waals surface area (Å²) >= 11 is 0. The molecule has 7 rings (SSSR count). The van der Waals surface area contributed by atoms with Crippen molar-refractivity contribution >= 4 is 41.4 Å². The number of methoxy groups -OCH3 is 1. The summed E-state index contributed by atoms with van der Waals surface area (Å²) in [5.41, 5.74) is 8.82. The van der Waals surface area contributed by atoms with Crippen LogP contribution in [0.15, 0.2) is 127 Å². The molecular weight excluding hydrogens is 1150 g/mol. The highest BCUT2D eigenvalue weighted by molar-refractivity contribution is 5.98. The van der Waals surface area contributed by atoms with Crippen LogP contribution in [0.2, 0.25) is 0 Å². The summed E-state index contributed by atoms with van der Waals surface area (Å²) in [7, 11) is 1.23. The first kappa shape index (κ1) is 66.9. The van der Waals surface area contributed by atoms with E-state index >= 15 is 0 Å². The van der Waals surface area contributed by atoms with Gasteiger partial charge in [0.1, 0.15) is 79.9 Å². The molecule has 0 aliphatic rings. The molecule has 0 bridgehead atoms. The van der Waals surface area contributed by atoms with E-state index in [1.54, 1.807) is 61.5 Å². The van der Waals surface area contributed by atoms with Gasteiger partial charge < -0.3 is 70.2 Å². The van der Waals surface area contributed by atoms with Crippen molar-refractivity contribution in [1.82, 2.24) is 31.9 Å². The number of carbonyl (C=O) groups excluding carboxylic acids is 7. The molecule has 0 aliphatic heterocycles. The Labute approximate surface area is 523 Å². The molecule has 90 heavy (non-hydrogen) atoms. The van der Waals surface area contributed by atoms with Gasteiger partial charge in [0.15, 0.2) is 0 Å². The van der Waals surface area contributed by atoms with Crippen LogP contribution in [0.25, 0.3) is 0 Å². The van der Waals surface area contributed by atoms with E-state index in [1.807, 2.05) is 59.7 Å². The molecule has 0 unspecified atom stereocenters. The number of amides is 6. The largest absolute Gasteiger partial charge is 0.508 e. The normalized spacial score (nSPS) is 10.7. The van der Waals surface area contributed by atoms with E-state index in [4.69, 9.17) is 33.2 Å². The first-order valence-electron chi connectivity index (χ1n) is 29.2. The van der Waals surface area contributed by atoms with E-state index in [2.05, 4.69) is 31.9 Å². The van der Waals surface area contributed by atoms with Crippen LogP contribution in [-0.4, -0.2) is 133 Å². The Morgan fingerprint density at radius 2 is 0.478 bits per heavy atom. The van der Waals surface area contributed by atoms with Gasteiger partial charge in [-0.25, -0.2) is 4.79 Å². The molecule has 472 valence electrons. The number of aryl methyl sites for hydroxylation is 7. The number of carbonyl (C=O) groups is 7. The molecule has 0 aliphatic carbocycles. The number of ether oxygens (including phenoxy) is 7. The maximum absolute atomic E-state index is 13.7. The number of phenols is 1. The van der Waals surface area contributed by atoms with Crippen molar-refractivity contribution in [2.75, 3.05) is 86.0 Å². The van der Waals surface area contributed by atoms with E-state index in [9.17, 15) is 38.7 Å². The van der Waals surface area contributed by atoms with Gasteiger partial charge in [-0.1, -0.05) is 51.6 Å². The van der Waals surface area contributed by atoms with Gasteiger partial charge in [0, 0.05) is 51.6 Å². The van der Waals surface area contributed by atoms with Gasteiger partial charge in [0.25, 0.3) is 35.4 Å². The smallest absolute Gasteiger partial charge is 0.338 e. The van der Waals surface area contributed by atoms with Gasteiger partial charge >= 0.3 is 5.97 Å². The maximum Gasteiger partial charge on any atom is 0.338 e. The minimum absolute atomic E-state index is 0.00337. The van der Waals surface area contributed by atoms with Crippen molar-refractivity contribution in [2.24, 2.45) is 0 Å². The first-order chi connectivity index (χ1) is 43.2. The summed E-state index contributed by atoms with van der Waals surface area (Å²) in [6, 6.07) is 35.0. The Morgan fingerprint density at radius 1 is 0.278 bits per heavy atom. The lowest BCUT2D eigenvalue weighted by atomic mass is 10.1. The fraction of sp³-hybridized carbons (Fsp3) is 0.290. The second kappa shape index (κ2) is 33.0. The SMILES string of the molecule is COC(=O)c1cc(OCCNC(=O)c2cc(OCCNC(=O)c3cc(C)cc(C)c3)cc(OCCNC(=O)c3cc(C)cc(C)c3)c2)cc(OCCNC(=O)c2cc(OCCNC(=O)c3cc(C)cc(C)c3)cc(OCCNC(=O)c3cc(C)cc(O)c3)c2)c1. The average Bonchev–Trinajstić information content (AvgIpc) is 3.42. The molecule has 0 heterocycles. The summed E-state index contributed by atoms with van der Waals surface area (Å²) in [6.45, 7) is 14.0. The third kappa shape index (κ3) is 21.4. The van der Waals surface area contributed by atoms with E-state index in [1.165, 1.54) is 61.7 Å². The van der Waals surface area contributed by atoms with Crippen molar-refractivity contribution < 1.29 is 71.8 Å². The highest BCUT2D eigenvalue weighted by Crippen LogP contribution is 2.27. The van der Waals surface area contributed by atoms with Crippen LogP contribution in [0, 0.1) is 48.5 Å². The van der Waals surface area contributed by atoms with Crippen molar-refractivity contribution in [3.63, 3.8) is 0 Å². The quantitative estimate of drug-likeness (QED) is 0.0159. The van der Waals surface area contributed by atoms with Gasteiger partial charge in [-0.05, 0) is 145 Å². The van der Waals surface area contributed by atoms with Gasteiger partial charge in [-0.3, -0.25) is 28.8 Å². The summed E-state index contributed by atoms with van der Waals surface area (Å²) < 4.78 is 40.9. The van der Waals surface area contributed by atoms with Crippen LogP contribution in [-0.2, 0) is 4.74 Å². The molecule has 6 amide bonds. The van der Waals surface area contributed by atoms with Crippen LogP contribution in [0.5, 0.6) is 40.2 Å². The van der Waals surface area contributed by atoms with Crippen molar-refractivity contribution in [3.05, 3.63) is 205 Å². The molecule has 0 atom stereocenters. The number of hydrogen-bond acceptors (Lipinski definition) is 15. The number of phenolic OH excluding ortho intramolecular Hbond substituents is 1. The van der Waals surface area contributed by atoms with Gasteiger partial charge in [0.05, 0.1) is 51.9 Å². The molecule has 21 heteroatoms. The molecule has 0 saturated heterocycles. The third-order valence-corrected chi connectivity index (χ3v) is 13.3. The second-order valence-electron chi connectivity index (χ2n) is 21.4. The van der Waals surface area contributed by atoms with Gasteiger partial charge in [0.2, 0.25) is 0 Å². The molecule has 0 fully saturated rings. The summed E-state index contributed by atoms with van der Waals surface area (Å²) in [4.78, 5) is 91.6. The van der Waals surface area contributed by atoms with Crippen molar-refractivity contribution in [2.45, 2.75) is 48.5 Å². The summed E-state index contributed by atoms with van der Waals surface area (Å²) in [5, 5.41) is 26.9. The lowest BCUT2D eigenvalue weighted by Crippen LogP contribution is -2.29. The molecule has 7 aromatic rings. The highest BCUT2D eigenvalue weighted by atomic mass is 16.5. The van der Waals surface area contributed by atoms with Crippen LogP contribution in [0.1, 0.15) is 111 Å². The Bertz CT molecular complexity index is 3250. The standard InChI is InChI=1S/C69H76N6O15/c1-42-21-43(2)25-49(24-42)63(77)70-9-15-85-57-33-53(34-58(39-57)86-16-10-71-64(78)50-26-44(3)22-45(4)27-50)67(81)74-13-19-89-61-37-55(69(83)84-8)38-62(41-61)90-20-14-75-68(82)54-35-59(87-17-11-72-65(79)51-28-46(5)23-47(6)29-51)40-60(36-54)88-18-12-73-66(80)52-30-48(7)31-56(76)32-52/h21-41,76H,9-20H2,1-8H3,(H,70,77)(H,71,78)(H,72,79)(H,73,80)(H,74,81)(H,75,82). The Balaban J connectivity index is 0.935. The number of nitrogens with one attached hydrogen (secondary N) is 6. The lowest BCUT2D eigenvalue weighted by Gasteiger charge is -2.15. The summed E-state index contributed by atoms with van der Waals surface area (Å²) in [6.07, 6.45) is 0. The zero-order chi connectivity index (χ0) is 64.7. The number of esters is 1. The third-order valence-electron chi connectivity index (χ3n) is 13.3. The van der Waals surface area contributed by atoms with E-state index < -0.39 is 23.7 Å². The fourth-order valence-electron chi connectivity index (χ4n) is 9.54. The molecule has 7 N–H and O–H groups in total. The zero-order valence-corrected chi connectivity index (χ0v) is 51.8. The predicted octanol–water partition coefficient (Wildman–Crippen LogP) is 8.19. The Kier molecular flexibility index (Phi) is 24.5. The van der Waals surface area contributed by atoms with Crippen LogP contribution in [0.4, 0.5) is 0 Å². The predicted molar refractivity (Wildman–Crippen MR) is 338 cm³/mol. The van der Waals surface area contributed by atoms with Crippen LogP contribution < -0.4 is 60.3 Å². The number of hydrogen-bond donors (Lipinski definition) is 7. The second-order valence-corrected chi connectivity index (χ2v) is 21.4. The Hall–Kier alpha value is -10.6. The maximum atomic E-state index is 13.7. The van der Waals surface area contributed by atoms with Crippen molar-refractivity contribution in [1.29, 1.82) is 0 Å². The van der Waals surface area contributed by atoms with Gasteiger partial charge in [-0.2, -0.15) is 0 Å². The number of rotatable bonds is 31. The molecule has 21 nitrogen and oxygen atoms in total. The van der Waals surface area contributed by atoms with Crippen LogP contribution in [0.3, 0.4) is 0 Å². The molecule has 0 saturated carbocycles. The lowest BCUT2D eigenvalue weighted by molar-refractivity contribution is 0.0598. The first-order valence-corrected chi connectivity index (χ1v) is 29.2. The number of benzene rings is 7. The molecule has 0 spiro atoms. The number of aromatic hydroxyl groups is 1. The van der Waals surface area contributed by atoms with Crippen LogP contribution >= 0.6 is 0 Å². The highest BCUT2D eigenvalue weighted by Gasteiger charge is 2.17. The minimum Gasteiger partial charge on any atom is -0.508 e. The Morgan fingerprint density at radius 3 is 0.700 bits per heavy atom. The minimum atomic E-state index is -0.669. The molecular formula is C69H76N6O15. The zero-order valence-electron chi connectivity index (χ0n) is 51.8. The summed E-state index contributed by atoms with van der Waals surface area (Å²) in [5.74, 6) is -1.33. The monoisotopic (exact) mass is 1230 g/mol.